The van der Waals surface area contributed by atoms with Crippen LogP contribution in [0.2, 0.25) is 0 Å². The quantitative estimate of drug-likeness (QED) is 0.395. The van der Waals surface area contributed by atoms with Crippen LogP contribution in [-0.4, -0.2) is 15.9 Å². The molecular formula is C24H18F3N3O2S. The summed E-state index contributed by atoms with van der Waals surface area (Å²) in [5, 5.41) is 3.00. The number of aromatic nitrogens is 2. The Bertz CT molecular complexity index is 1340. The molecule has 0 fully saturated rings. The van der Waals surface area contributed by atoms with Crippen LogP contribution in [0, 0.1) is 6.92 Å². The number of rotatable bonds is 5. The number of carbonyl (C=O) groups excluding carboxylic acids is 1. The van der Waals surface area contributed by atoms with Crippen molar-refractivity contribution in [1.29, 1.82) is 0 Å². The number of hydrogen-bond acceptors (Lipinski definition) is 4. The summed E-state index contributed by atoms with van der Waals surface area (Å²) in [7, 11) is 0. The second-order valence-corrected chi connectivity index (χ2v) is 8.38. The Labute approximate surface area is 191 Å². The summed E-state index contributed by atoms with van der Waals surface area (Å²) in [5.74, 6) is -0.641. The minimum Gasteiger partial charge on any atom is -0.327 e. The second kappa shape index (κ2) is 9.03. The Morgan fingerprint density at radius 2 is 1.76 bits per heavy atom. The average molecular weight is 469 g/mol. The van der Waals surface area contributed by atoms with E-state index in [4.69, 9.17) is 0 Å². The maximum Gasteiger partial charge on any atom is 0.417 e. The van der Waals surface area contributed by atoms with Gasteiger partial charge in [0.15, 0.2) is 0 Å². The van der Waals surface area contributed by atoms with Crippen LogP contribution in [0.4, 0.5) is 18.9 Å². The molecule has 168 valence electrons. The van der Waals surface area contributed by atoms with Crippen molar-refractivity contribution in [3.8, 4) is 21.0 Å². The van der Waals surface area contributed by atoms with E-state index in [-0.39, 0.29) is 6.42 Å². The lowest BCUT2D eigenvalue weighted by molar-refractivity contribution is -0.137. The van der Waals surface area contributed by atoms with E-state index >= 15 is 0 Å². The number of alkyl halides is 3. The average Bonchev–Trinajstić information content (AvgIpc) is 3.19. The molecule has 1 amide bonds. The lowest BCUT2D eigenvalue weighted by atomic mass is 10.1. The van der Waals surface area contributed by atoms with Crippen LogP contribution in [0.25, 0.3) is 21.0 Å². The van der Waals surface area contributed by atoms with Crippen LogP contribution >= 0.6 is 11.3 Å². The lowest BCUT2D eigenvalue weighted by Crippen LogP contribution is -2.22. The third kappa shape index (κ3) is 5.20. The fraction of sp³-hybridized carbons (Fsp3) is 0.125. The Hall–Kier alpha value is -3.72. The number of halogens is 3. The summed E-state index contributed by atoms with van der Waals surface area (Å²) >= 11 is 1.42. The molecule has 2 aromatic heterocycles. The number of benzene rings is 2. The summed E-state index contributed by atoms with van der Waals surface area (Å²) in [4.78, 5) is 32.1. The molecule has 0 radical (unpaired) electrons. The Morgan fingerprint density at radius 1 is 1.06 bits per heavy atom. The first-order valence-electron chi connectivity index (χ1n) is 9.92. The predicted octanol–water partition coefficient (Wildman–Crippen LogP) is 5.67. The molecule has 0 bridgehead atoms. The zero-order valence-corrected chi connectivity index (χ0v) is 18.2. The molecule has 0 saturated carbocycles. The van der Waals surface area contributed by atoms with Crippen LogP contribution in [0.15, 0.2) is 71.7 Å². The molecule has 9 heteroatoms. The molecule has 0 atom stereocenters. The fourth-order valence-electron chi connectivity index (χ4n) is 3.19. The van der Waals surface area contributed by atoms with E-state index in [0.717, 1.165) is 21.6 Å². The third-order valence-corrected chi connectivity index (χ3v) is 6.06. The Kier molecular flexibility index (Phi) is 6.15. The number of aryl methyl sites for hydroxylation is 1. The molecule has 0 aliphatic carbocycles. The van der Waals surface area contributed by atoms with Gasteiger partial charge in [-0.3, -0.25) is 9.59 Å². The Balaban J connectivity index is 1.66. The highest BCUT2D eigenvalue weighted by molar-refractivity contribution is 7.18. The first-order valence-corrected chi connectivity index (χ1v) is 10.7. The van der Waals surface area contributed by atoms with Gasteiger partial charge in [0.1, 0.15) is 10.7 Å². The minimum absolute atomic E-state index is 0.206. The van der Waals surface area contributed by atoms with Gasteiger partial charge in [0.05, 0.1) is 22.6 Å². The lowest BCUT2D eigenvalue weighted by Gasteiger charge is -2.09. The number of aromatic amines is 1. The van der Waals surface area contributed by atoms with Crippen molar-refractivity contribution in [3.05, 3.63) is 94.0 Å². The van der Waals surface area contributed by atoms with Crippen molar-refractivity contribution < 1.29 is 18.0 Å². The summed E-state index contributed by atoms with van der Waals surface area (Å²) < 4.78 is 38.9. The fourth-order valence-corrected chi connectivity index (χ4v) is 4.29. The first kappa shape index (κ1) is 22.5. The van der Waals surface area contributed by atoms with Crippen molar-refractivity contribution in [2.24, 2.45) is 0 Å². The number of nitrogens with zero attached hydrogens (tertiary/aromatic N) is 1. The number of nitrogens with one attached hydrogen (secondary N) is 2. The molecule has 2 heterocycles. The summed E-state index contributed by atoms with van der Waals surface area (Å²) in [6, 6.07) is 17.8. The van der Waals surface area contributed by atoms with Gasteiger partial charge in [-0.15, -0.1) is 11.3 Å². The van der Waals surface area contributed by atoms with E-state index in [1.807, 2.05) is 66.5 Å². The zero-order valence-electron chi connectivity index (χ0n) is 17.4. The topological polar surface area (TPSA) is 74.8 Å². The van der Waals surface area contributed by atoms with Crippen LogP contribution in [-0.2, 0) is 17.4 Å². The molecule has 0 spiro atoms. The zero-order chi connectivity index (χ0) is 23.6. The smallest absolute Gasteiger partial charge is 0.327 e. The van der Waals surface area contributed by atoms with E-state index < -0.39 is 28.9 Å². The van der Waals surface area contributed by atoms with Gasteiger partial charge in [-0.05, 0) is 18.6 Å². The van der Waals surface area contributed by atoms with Crippen molar-refractivity contribution >= 4 is 22.9 Å². The number of carbonyl (C=O) groups is 1. The molecule has 2 N–H and O–H groups in total. The van der Waals surface area contributed by atoms with E-state index in [9.17, 15) is 22.8 Å². The molecular weight excluding hydrogens is 451 g/mol. The van der Waals surface area contributed by atoms with Gasteiger partial charge in [-0.1, -0.05) is 60.2 Å². The standard InChI is InChI=1S/C24H18F3N3O2S/c1-14-7-9-15(10-8-14)21-18(30-23(33-21)16-5-3-2-4-6-16)12-20(31)29-19-11-17(24(25,26)27)13-28-22(19)32/h2-11,13H,12H2,1H3,(H,28,32)(H,29,31). The van der Waals surface area contributed by atoms with Gasteiger partial charge < -0.3 is 10.3 Å². The van der Waals surface area contributed by atoms with Crippen molar-refractivity contribution in [2.45, 2.75) is 19.5 Å². The largest absolute Gasteiger partial charge is 0.417 e. The molecule has 0 unspecified atom stereocenters. The van der Waals surface area contributed by atoms with Crippen LogP contribution in [0.3, 0.4) is 0 Å². The molecule has 0 aliphatic heterocycles. The van der Waals surface area contributed by atoms with Crippen molar-refractivity contribution in [2.75, 3.05) is 5.32 Å². The summed E-state index contributed by atoms with van der Waals surface area (Å²) in [6.45, 7) is 1.97. The summed E-state index contributed by atoms with van der Waals surface area (Å²) in [5.41, 5.74) is 0.969. The number of amides is 1. The van der Waals surface area contributed by atoms with Gasteiger partial charge in [0.25, 0.3) is 5.56 Å². The summed E-state index contributed by atoms with van der Waals surface area (Å²) in [6.07, 6.45) is -4.29. The molecule has 4 aromatic rings. The first-order chi connectivity index (χ1) is 15.7. The minimum atomic E-state index is -4.65. The van der Waals surface area contributed by atoms with E-state index in [1.165, 1.54) is 11.3 Å². The number of H-pyrrole nitrogens is 1. The molecule has 4 rings (SSSR count). The second-order valence-electron chi connectivity index (χ2n) is 7.38. The maximum atomic E-state index is 13.0. The van der Waals surface area contributed by atoms with Crippen molar-refractivity contribution in [3.63, 3.8) is 0 Å². The van der Waals surface area contributed by atoms with E-state index in [0.29, 0.717) is 23.0 Å². The number of pyridine rings is 1. The molecule has 33 heavy (non-hydrogen) atoms. The number of hydrogen-bond donors (Lipinski definition) is 2. The van der Waals surface area contributed by atoms with Gasteiger partial charge in [-0.2, -0.15) is 13.2 Å². The highest BCUT2D eigenvalue weighted by Gasteiger charge is 2.31. The molecule has 5 nitrogen and oxygen atoms in total. The highest BCUT2D eigenvalue weighted by atomic mass is 32.1. The van der Waals surface area contributed by atoms with Gasteiger partial charge >= 0.3 is 6.18 Å². The van der Waals surface area contributed by atoms with Gasteiger partial charge in [0, 0.05) is 11.8 Å². The number of thiazole rings is 1. The van der Waals surface area contributed by atoms with Crippen LogP contribution in [0.1, 0.15) is 16.8 Å². The van der Waals surface area contributed by atoms with E-state index in [1.54, 1.807) is 0 Å². The SMILES string of the molecule is Cc1ccc(-c2sc(-c3ccccc3)nc2CC(=O)Nc2cc(C(F)(F)F)c[nH]c2=O)cc1. The van der Waals surface area contributed by atoms with Gasteiger partial charge in [0.2, 0.25) is 5.91 Å². The normalized spacial score (nSPS) is 11.4. The molecule has 0 saturated heterocycles. The third-order valence-electron chi connectivity index (χ3n) is 4.86. The molecule has 2 aromatic carbocycles. The predicted molar refractivity (Wildman–Crippen MR) is 122 cm³/mol. The monoisotopic (exact) mass is 469 g/mol. The van der Waals surface area contributed by atoms with Crippen LogP contribution < -0.4 is 10.9 Å². The Morgan fingerprint density at radius 3 is 2.42 bits per heavy atom. The van der Waals surface area contributed by atoms with E-state index in [2.05, 4.69) is 10.3 Å². The molecule has 0 aliphatic rings. The number of anilines is 1. The van der Waals surface area contributed by atoms with Crippen LogP contribution in [0.5, 0.6) is 0 Å². The van der Waals surface area contributed by atoms with Crippen molar-refractivity contribution in [1.82, 2.24) is 9.97 Å². The van der Waals surface area contributed by atoms with Gasteiger partial charge in [-0.25, -0.2) is 4.98 Å². The highest BCUT2D eigenvalue weighted by Crippen LogP contribution is 2.36. The maximum absolute atomic E-state index is 13.0.